The minimum absolute atomic E-state index is 0.0497. The summed E-state index contributed by atoms with van der Waals surface area (Å²) in [6.07, 6.45) is 1.50. The number of hydrogen-bond acceptors (Lipinski definition) is 4. The Bertz CT molecular complexity index is 739. The van der Waals surface area contributed by atoms with Crippen molar-refractivity contribution in [2.75, 3.05) is 39.3 Å². The number of carbonyl (C=O) groups excluding carboxylic acids is 3. The van der Waals surface area contributed by atoms with Gasteiger partial charge in [0.15, 0.2) is 0 Å². The largest absolute Gasteiger partial charge is 0.342 e. The molecule has 0 aromatic carbocycles. The summed E-state index contributed by atoms with van der Waals surface area (Å²) in [7, 11) is 0. The van der Waals surface area contributed by atoms with Crippen LogP contribution in [0.25, 0.3) is 0 Å². The fourth-order valence-electron chi connectivity index (χ4n) is 4.00. The van der Waals surface area contributed by atoms with Crippen molar-refractivity contribution >= 4 is 17.7 Å². The van der Waals surface area contributed by atoms with Gasteiger partial charge in [-0.05, 0) is 19.1 Å². The number of nitrogens with zero attached hydrogens (tertiary/aromatic N) is 4. The van der Waals surface area contributed by atoms with Gasteiger partial charge in [0.2, 0.25) is 17.7 Å². The number of pyridine rings is 1. The van der Waals surface area contributed by atoms with Crippen molar-refractivity contribution in [2.24, 2.45) is 5.41 Å². The topological polar surface area (TPSA) is 73.8 Å². The van der Waals surface area contributed by atoms with E-state index in [1.165, 1.54) is 19.1 Å². The zero-order valence-electron chi connectivity index (χ0n) is 15.8. The van der Waals surface area contributed by atoms with Gasteiger partial charge in [-0.3, -0.25) is 19.4 Å². The smallest absolute Gasteiger partial charge is 0.228 e. The van der Waals surface area contributed by atoms with Gasteiger partial charge in [0, 0.05) is 63.7 Å². The van der Waals surface area contributed by atoms with Gasteiger partial charge >= 0.3 is 0 Å². The predicted molar refractivity (Wildman–Crippen MR) is 96.0 cm³/mol. The fraction of sp³-hybridized carbons (Fsp3) is 0.579. The van der Waals surface area contributed by atoms with E-state index in [1.54, 1.807) is 14.7 Å². The second-order valence-corrected chi connectivity index (χ2v) is 7.49. The van der Waals surface area contributed by atoms with E-state index in [0.717, 1.165) is 6.20 Å². The van der Waals surface area contributed by atoms with Crippen molar-refractivity contribution in [2.45, 2.75) is 26.7 Å². The molecule has 0 bridgehead atoms. The Labute approximate surface area is 158 Å². The van der Waals surface area contributed by atoms with Gasteiger partial charge < -0.3 is 14.7 Å². The van der Waals surface area contributed by atoms with Crippen LogP contribution in [0.3, 0.4) is 0 Å². The monoisotopic (exact) mass is 376 g/mol. The molecule has 2 saturated heterocycles. The molecule has 0 saturated carbocycles. The van der Waals surface area contributed by atoms with Gasteiger partial charge in [0.25, 0.3) is 0 Å². The van der Waals surface area contributed by atoms with Gasteiger partial charge in [-0.25, -0.2) is 4.39 Å². The summed E-state index contributed by atoms with van der Waals surface area (Å²) in [5, 5.41) is 0. The Kier molecular flexibility index (Phi) is 5.43. The number of aromatic nitrogens is 1. The fourth-order valence-corrected chi connectivity index (χ4v) is 4.00. The summed E-state index contributed by atoms with van der Waals surface area (Å²) in [5.41, 5.74) is 0.0574. The summed E-state index contributed by atoms with van der Waals surface area (Å²) in [6.45, 7) is 6.38. The minimum Gasteiger partial charge on any atom is -0.342 e. The predicted octanol–water partition coefficient (Wildman–Crippen LogP) is 0.693. The van der Waals surface area contributed by atoms with Crippen LogP contribution in [-0.4, -0.2) is 76.7 Å². The molecule has 2 fully saturated rings. The van der Waals surface area contributed by atoms with E-state index in [9.17, 15) is 18.8 Å². The van der Waals surface area contributed by atoms with Gasteiger partial charge in [-0.15, -0.1) is 0 Å². The first-order chi connectivity index (χ1) is 12.8. The lowest BCUT2D eigenvalue weighted by atomic mass is 9.85. The number of amides is 3. The molecule has 3 amide bonds. The third kappa shape index (κ3) is 4.26. The average Bonchev–Trinajstić information content (AvgIpc) is 2.81. The van der Waals surface area contributed by atoms with Crippen LogP contribution in [-0.2, 0) is 20.8 Å². The Morgan fingerprint density at radius 3 is 2.48 bits per heavy atom. The summed E-state index contributed by atoms with van der Waals surface area (Å²) in [5.74, 6) is -0.552. The van der Waals surface area contributed by atoms with Crippen molar-refractivity contribution in [1.82, 2.24) is 19.7 Å². The van der Waals surface area contributed by atoms with Crippen molar-refractivity contribution < 1.29 is 18.8 Å². The first kappa shape index (κ1) is 19.3. The van der Waals surface area contributed by atoms with Crippen LogP contribution in [0.1, 0.15) is 26.0 Å². The number of hydrogen-bond donors (Lipinski definition) is 0. The number of carbonyl (C=O) groups is 3. The maximum Gasteiger partial charge on any atom is 0.228 e. The van der Waals surface area contributed by atoms with Gasteiger partial charge in [-0.2, -0.15) is 0 Å². The molecule has 146 valence electrons. The van der Waals surface area contributed by atoms with Crippen LogP contribution in [0, 0.1) is 11.2 Å². The lowest BCUT2D eigenvalue weighted by molar-refractivity contribution is -0.132. The molecule has 1 spiro atoms. The second kappa shape index (κ2) is 7.62. The van der Waals surface area contributed by atoms with Crippen LogP contribution in [0.2, 0.25) is 0 Å². The third-order valence-electron chi connectivity index (χ3n) is 5.40. The van der Waals surface area contributed by atoms with E-state index >= 15 is 0 Å². The molecule has 1 unspecified atom stereocenters. The van der Waals surface area contributed by atoms with Crippen molar-refractivity contribution in [3.05, 3.63) is 29.8 Å². The van der Waals surface area contributed by atoms with Gasteiger partial charge in [0.1, 0.15) is 5.82 Å². The van der Waals surface area contributed by atoms with Crippen LogP contribution in [0.15, 0.2) is 18.3 Å². The van der Waals surface area contributed by atoms with Crippen LogP contribution >= 0.6 is 0 Å². The molecule has 8 heteroatoms. The zero-order valence-corrected chi connectivity index (χ0v) is 15.8. The second-order valence-electron chi connectivity index (χ2n) is 7.49. The Morgan fingerprint density at radius 2 is 1.89 bits per heavy atom. The quantitative estimate of drug-likeness (QED) is 0.778. The maximum absolute atomic E-state index is 13.0. The minimum atomic E-state index is -0.443. The lowest BCUT2D eigenvalue weighted by Crippen LogP contribution is -2.45. The summed E-state index contributed by atoms with van der Waals surface area (Å²) in [6, 6.07) is 2.78. The van der Waals surface area contributed by atoms with E-state index in [-0.39, 0.29) is 24.1 Å². The number of halogens is 1. The van der Waals surface area contributed by atoms with Crippen LogP contribution in [0.5, 0.6) is 0 Å². The van der Waals surface area contributed by atoms with E-state index in [0.29, 0.717) is 51.4 Å². The highest BCUT2D eigenvalue weighted by Gasteiger charge is 2.47. The summed E-state index contributed by atoms with van der Waals surface area (Å²) in [4.78, 5) is 46.4. The molecule has 1 aromatic rings. The molecular formula is C19H25FN4O3. The van der Waals surface area contributed by atoms with E-state index in [2.05, 4.69) is 4.98 Å². The maximum atomic E-state index is 13.0. The molecule has 7 nitrogen and oxygen atoms in total. The summed E-state index contributed by atoms with van der Waals surface area (Å²) < 4.78 is 13.0. The normalized spacial score (nSPS) is 23.1. The van der Waals surface area contributed by atoms with Gasteiger partial charge in [0.05, 0.1) is 12.6 Å². The van der Waals surface area contributed by atoms with E-state index < -0.39 is 11.2 Å². The average molecular weight is 376 g/mol. The Balaban J connectivity index is 1.79. The molecule has 3 rings (SSSR count). The van der Waals surface area contributed by atoms with Crippen molar-refractivity contribution in [1.29, 1.82) is 0 Å². The highest BCUT2D eigenvalue weighted by atomic mass is 19.1. The van der Waals surface area contributed by atoms with E-state index in [1.807, 2.05) is 6.92 Å². The van der Waals surface area contributed by atoms with Gasteiger partial charge in [-0.1, -0.05) is 0 Å². The number of likely N-dealkylation sites (tertiary alicyclic amines) is 1. The standard InChI is InChI=1S/C19H25FN4O3/c1-3-22-11-19(9-18(22)27)12-23(14(2)25)6-7-24(13-19)17(26)8-16-5-4-15(20)10-21-16/h4-5,10H,3,6-9,11-13H2,1-2H3. The molecule has 3 heterocycles. The Morgan fingerprint density at radius 1 is 1.19 bits per heavy atom. The molecular weight excluding hydrogens is 351 g/mol. The molecule has 1 atom stereocenters. The highest BCUT2D eigenvalue weighted by Crippen LogP contribution is 2.35. The first-order valence-corrected chi connectivity index (χ1v) is 9.23. The number of rotatable bonds is 3. The van der Waals surface area contributed by atoms with Crippen LogP contribution in [0.4, 0.5) is 4.39 Å². The van der Waals surface area contributed by atoms with Crippen molar-refractivity contribution in [3.8, 4) is 0 Å². The highest BCUT2D eigenvalue weighted by molar-refractivity contribution is 5.81. The molecule has 2 aliphatic heterocycles. The molecule has 0 N–H and O–H groups in total. The first-order valence-electron chi connectivity index (χ1n) is 9.23. The molecule has 1 aromatic heterocycles. The molecule has 2 aliphatic rings. The van der Waals surface area contributed by atoms with Crippen molar-refractivity contribution in [3.63, 3.8) is 0 Å². The van der Waals surface area contributed by atoms with Crippen LogP contribution < -0.4 is 0 Å². The molecule has 0 radical (unpaired) electrons. The summed E-state index contributed by atoms with van der Waals surface area (Å²) >= 11 is 0. The zero-order chi connectivity index (χ0) is 19.6. The Hall–Kier alpha value is -2.51. The van der Waals surface area contributed by atoms with E-state index in [4.69, 9.17) is 0 Å². The molecule has 0 aliphatic carbocycles. The lowest BCUT2D eigenvalue weighted by Gasteiger charge is -2.33. The molecule has 27 heavy (non-hydrogen) atoms. The third-order valence-corrected chi connectivity index (χ3v) is 5.40. The SMILES string of the molecule is CCN1CC2(CC1=O)CN(C(C)=O)CCN(C(=O)Cc1ccc(F)cn1)C2.